The third-order valence-corrected chi connectivity index (χ3v) is 4.86. The van der Waals surface area contributed by atoms with Crippen molar-refractivity contribution in [3.63, 3.8) is 0 Å². The Kier molecular flexibility index (Phi) is 3.61. The maximum Gasteiger partial charge on any atom is 0.128 e. The van der Waals surface area contributed by atoms with Gasteiger partial charge in [-0.2, -0.15) is 0 Å². The molecule has 110 valence electrons. The minimum atomic E-state index is 0.472. The summed E-state index contributed by atoms with van der Waals surface area (Å²) < 4.78 is 0. The zero-order valence-electron chi connectivity index (χ0n) is 13.0. The van der Waals surface area contributed by atoms with E-state index in [0.717, 1.165) is 24.8 Å². The lowest BCUT2D eigenvalue weighted by Gasteiger charge is -2.21. The molecule has 2 fully saturated rings. The first-order valence-electron chi connectivity index (χ1n) is 8.01. The zero-order valence-corrected chi connectivity index (χ0v) is 13.0. The largest absolute Gasteiger partial charge is 0.381 e. The van der Waals surface area contributed by atoms with Crippen LogP contribution in [0.4, 0.5) is 11.5 Å². The molecule has 1 N–H and O–H groups in total. The second-order valence-corrected chi connectivity index (χ2v) is 7.40. The van der Waals surface area contributed by atoms with E-state index in [4.69, 9.17) is 0 Å². The second-order valence-electron chi connectivity index (χ2n) is 7.40. The van der Waals surface area contributed by atoms with E-state index in [1.165, 1.54) is 31.4 Å². The van der Waals surface area contributed by atoms with Crippen LogP contribution >= 0.6 is 0 Å². The summed E-state index contributed by atoms with van der Waals surface area (Å²) in [6, 6.07) is 4.95. The number of hydrogen-bond donors (Lipinski definition) is 1. The highest BCUT2D eigenvalue weighted by Gasteiger charge is 2.36. The van der Waals surface area contributed by atoms with Crippen LogP contribution in [-0.2, 0) is 0 Å². The molecule has 1 aromatic rings. The van der Waals surface area contributed by atoms with Gasteiger partial charge in [-0.1, -0.05) is 20.8 Å². The molecule has 2 heterocycles. The van der Waals surface area contributed by atoms with Crippen LogP contribution in [0.2, 0.25) is 0 Å². The van der Waals surface area contributed by atoms with Gasteiger partial charge in [0.2, 0.25) is 0 Å². The van der Waals surface area contributed by atoms with Crippen molar-refractivity contribution in [2.75, 3.05) is 23.3 Å². The molecule has 1 aromatic heterocycles. The van der Waals surface area contributed by atoms with E-state index in [1.807, 2.05) is 6.20 Å². The summed E-state index contributed by atoms with van der Waals surface area (Å²) in [5.41, 5.74) is 1.64. The van der Waals surface area contributed by atoms with Gasteiger partial charge in [0, 0.05) is 19.1 Å². The lowest BCUT2D eigenvalue weighted by molar-refractivity contribution is 0.366. The Morgan fingerprint density at radius 3 is 2.50 bits per heavy atom. The molecule has 0 radical (unpaired) electrons. The van der Waals surface area contributed by atoms with E-state index in [1.54, 1.807) is 0 Å². The summed E-state index contributed by atoms with van der Waals surface area (Å²) in [7, 11) is 0. The Hall–Kier alpha value is -1.25. The fourth-order valence-corrected chi connectivity index (χ4v) is 3.91. The molecule has 0 aromatic carbocycles. The van der Waals surface area contributed by atoms with Crippen molar-refractivity contribution in [2.45, 2.75) is 52.5 Å². The van der Waals surface area contributed by atoms with Gasteiger partial charge in [-0.3, -0.25) is 0 Å². The van der Waals surface area contributed by atoms with Gasteiger partial charge in [0.25, 0.3) is 0 Å². The van der Waals surface area contributed by atoms with E-state index in [0.29, 0.717) is 11.5 Å². The van der Waals surface area contributed by atoms with E-state index in [9.17, 15) is 0 Å². The molecule has 3 nitrogen and oxygen atoms in total. The minimum Gasteiger partial charge on any atom is -0.381 e. The van der Waals surface area contributed by atoms with E-state index >= 15 is 0 Å². The van der Waals surface area contributed by atoms with Crippen LogP contribution in [0.1, 0.15) is 46.5 Å². The number of nitrogens with zero attached hydrogens (tertiary/aromatic N) is 2. The van der Waals surface area contributed by atoms with Crippen molar-refractivity contribution in [2.24, 2.45) is 11.3 Å². The first kappa shape index (κ1) is 13.7. The minimum absolute atomic E-state index is 0.472. The molecular weight excluding hydrogens is 246 g/mol. The fraction of sp³-hybridized carbons (Fsp3) is 0.706. The Morgan fingerprint density at radius 1 is 1.20 bits per heavy atom. The molecule has 2 aliphatic rings. The number of pyridine rings is 1. The Morgan fingerprint density at radius 2 is 1.95 bits per heavy atom. The Balaban J connectivity index is 1.63. The third kappa shape index (κ3) is 2.92. The van der Waals surface area contributed by atoms with Crippen molar-refractivity contribution >= 4 is 11.5 Å². The SMILES string of the molecule is CC1CC(C)(C)CC1Nc1ccc(N2CCCC2)nc1. The van der Waals surface area contributed by atoms with Gasteiger partial charge in [0.15, 0.2) is 0 Å². The molecule has 1 saturated heterocycles. The van der Waals surface area contributed by atoms with Crippen molar-refractivity contribution in [1.29, 1.82) is 0 Å². The third-order valence-electron chi connectivity index (χ3n) is 4.86. The summed E-state index contributed by atoms with van der Waals surface area (Å²) in [5, 5.41) is 3.68. The molecule has 0 amide bonds. The van der Waals surface area contributed by atoms with Gasteiger partial charge in [0.1, 0.15) is 5.82 Å². The van der Waals surface area contributed by atoms with Crippen LogP contribution in [0.15, 0.2) is 18.3 Å². The molecule has 3 rings (SSSR count). The van der Waals surface area contributed by atoms with E-state index in [2.05, 4.69) is 48.1 Å². The maximum absolute atomic E-state index is 4.63. The monoisotopic (exact) mass is 273 g/mol. The summed E-state index contributed by atoms with van der Waals surface area (Å²) in [5.74, 6) is 1.87. The van der Waals surface area contributed by atoms with Crippen LogP contribution < -0.4 is 10.2 Å². The molecule has 2 unspecified atom stereocenters. The highest BCUT2D eigenvalue weighted by molar-refractivity contribution is 5.49. The average Bonchev–Trinajstić information content (AvgIpc) is 2.99. The first-order chi connectivity index (χ1) is 9.53. The number of anilines is 2. The summed E-state index contributed by atoms with van der Waals surface area (Å²) in [4.78, 5) is 7.01. The molecule has 20 heavy (non-hydrogen) atoms. The fourth-order valence-electron chi connectivity index (χ4n) is 3.91. The number of rotatable bonds is 3. The smallest absolute Gasteiger partial charge is 0.128 e. The van der Waals surface area contributed by atoms with Crippen LogP contribution in [0, 0.1) is 11.3 Å². The van der Waals surface area contributed by atoms with Crippen LogP contribution in [0.3, 0.4) is 0 Å². The van der Waals surface area contributed by atoms with Crippen LogP contribution in [0.25, 0.3) is 0 Å². The topological polar surface area (TPSA) is 28.2 Å². The van der Waals surface area contributed by atoms with Crippen molar-refractivity contribution in [1.82, 2.24) is 4.98 Å². The number of aromatic nitrogens is 1. The lowest BCUT2D eigenvalue weighted by atomic mass is 9.91. The maximum atomic E-state index is 4.63. The lowest BCUT2D eigenvalue weighted by Crippen LogP contribution is -2.23. The van der Waals surface area contributed by atoms with Gasteiger partial charge >= 0.3 is 0 Å². The normalized spacial score (nSPS) is 28.9. The average molecular weight is 273 g/mol. The van der Waals surface area contributed by atoms with Crippen molar-refractivity contribution in [3.05, 3.63) is 18.3 Å². The number of nitrogens with one attached hydrogen (secondary N) is 1. The molecule has 0 bridgehead atoms. The second kappa shape index (κ2) is 5.27. The molecule has 2 atom stereocenters. The Bertz CT molecular complexity index is 446. The van der Waals surface area contributed by atoms with Crippen LogP contribution in [-0.4, -0.2) is 24.1 Å². The molecule has 3 heteroatoms. The standard InChI is InChI=1S/C17H27N3/c1-13-10-17(2,3)11-15(13)19-14-6-7-16(18-12-14)20-8-4-5-9-20/h6-7,12-13,15,19H,4-5,8-11H2,1-3H3. The molecule has 1 aliphatic heterocycles. The molecule has 0 spiro atoms. The van der Waals surface area contributed by atoms with Gasteiger partial charge in [-0.05, 0) is 49.1 Å². The summed E-state index contributed by atoms with van der Waals surface area (Å²) in [6.45, 7) is 9.43. The predicted molar refractivity (Wildman–Crippen MR) is 85.3 cm³/mol. The Labute approximate surface area is 122 Å². The first-order valence-corrected chi connectivity index (χ1v) is 8.01. The zero-order chi connectivity index (χ0) is 14.2. The van der Waals surface area contributed by atoms with E-state index in [-0.39, 0.29) is 0 Å². The van der Waals surface area contributed by atoms with Crippen molar-refractivity contribution < 1.29 is 0 Å². The van der Waals surface area contributed by atoms with Crippen LogP contribution in [0.5, 0.6) is 0 Å². The van der Waals surface area contributed by atoms with Gasteiger partial charge in [-0.15, -0.1) is 0 Å². The molecule has 1 saturated carbocycles. The quantitative estimate of drug-likeness (QED) is 0.904. The summed E-state index contributed by atoms with van der Waals surface area (Å²) >= 11 is 0. The van der Waals surface area contributed by atoms with Crippen molar-refractivity contribution in [3.8, 4) is 0 Å². The highest BCUT2D eigenvalue weighted by atomic mass is 15.2. The van der Waals surface area contributed by atoms with Gasteiger partial charge in [-0.25, -0.2) is 4.98 Å². The number of hydrogen-bond acceptors (Lipinski definition) is 3. The molecule has 1 aliphatic carbocycles. The van der Waals surface area contributed by atoms with Gasteiger partial charge in [0.05, 0.1) is 11.9 Å². The highest BCUT2D eigenvalue weighted by Crippen LogP contribution is 2.42. The molecular formula is C17H27N3. The van der Waals surface area contributed by atoms with Gasteiger partial charge < -0.3 is 10.2 Å². The summed E-state index contributed by atoms with van der Waals surface area (Å²) in [6.07, 6.45) is 7.17. The predicted octanol–water partition coefficient (Wildman–Crippen LogP) is 3.92. The van der Waals surface area contributed by atoms with E-state index < -0.39 is 0 Å².